The standard InChI is InChI=1S/C27H47NO21/c1-7(32)28-12-16(36)13(33)8(3-29)45-25(12)49-23-18(38)15(35)10(5-31)47-27(23)48-22-20(40)24(41)44-11(21(22)42-2)6-43-26-19(39)17(37)14(34)9(4-30)46-26/h8-27,29-31,33-41H,3-6H2,1-2H3,(H,28,32)/t8-,9-,10-,11-,12-,13-,14-,15-,16-,17+,18+,19+,20+,21-,22-,23+,24?,25+,26+,27-/m1/s1. The average Bonchev–Trinajstić information content (AvgIpc) is 3.07. The number of rotatable bonds is 12. The monoisotopic (exact) mass is 721 g/mol. The van der Waals surface area contributed by atoms with Gasteiger partial charge in [0, 0.05) is 14.0 Å². The molecule has 0 aromatic heterocycles. The van der Waals surface area contributed by atoms with Crippen LogP contribution in [0.4, 0.5) is 0 Å². The number of hydrogen-bond donors (Lipinski definition) is 13. The van der Waals surface area contributed by atoms with Crippen molar-refractivity contribution in [2.45, 2.75) is 130 Å². The van der Waals surface area contributed by atoms with E-state index in [0.29, 0.717) is 0 Å². The highest BCUT2D eigenvalue weighted by atomic mass is 16.8. The van der Waals surface area contributed by atoms with Gasteiger partial charge < -0.3 is 104 Å². The molecule has 22 nitrogen and oxygen atoms in total. The number of aliphatic hydroxyl groups is 12. The second-order valence-electron chi connectivity index (χ2n) is 12.1. The highest BCUT2D eigenvalue weighted by Crippen LogP contribution is 2.34. The number of amides is 1. The van der Waals surface area contributed by atoms with Crippen LogP contribution in [0.5, 0.6) is 0 Å². The Balaban J connectivity index is 1.57. The fourth-order valence-electron chi connectivity index (χ4n) is 6.08. The number of hydrogen-bond acceptors (Lipinski definition) is 21. The van der Waals surface area contributed by atoms with Gasteiger partial charge in [-0.05, 0) is 0 Å². The van der Waals surface area contributed by atoms with Crippen LogP contribution in [0.25, 0.3) is 0 Å². The molecular weight excluding hydrogens is 674 g/mol. The first-order valence-corrected chi connectivity index (χ1v) is 15.5. The Morgan fingerprint density at radius 2 is 1.08 bits per heavy atom. The van der Waals surface area contributed by atoms with E-state index in [4.69, 9.17) is 37.9 Å². The van der Waals surface area contributed by atoms with Gasteiger partial charge in [-0.2, -0.15) is 0 Å². The molecule has 0 spiro atoms. The van der Waals surface area contributed by atoms with Crippen LogP contribution < -0.4 is 5.32 Å². The molecule has 1 unspecified atom stereocenters. The van der Waals surface area contributed by atoms with Gasteiger partial charge in [0.25, 0.3) is 0 Å². The third-order valence-corrected chi connectivity index (χ3v) is 8.84. The molecule has 20 atom stereocenters. The zero-order valence-electron chi connectivity index (χ0n) is 26.4. The van der Waals surface area contributed by atoms with Crippen molar-refractivity contribution in [2.24, 2.45) is 0 Å². The van der Waals surface area contributed by atoms with Crippen LogP contribution in [-0.2, 0) is 42.7 Å². The zero-order chi connectivity index (χ0) is 36.3. The maximum absolute atomic E-state index is 11.9. The molecule has 0 aromatic carbocycles. The Hall–Kier alpha value is -1.33. The summed E-state index contributed by atoms with van der Waals surface area (Å²) in [6.45, 7) is -1.87. The minimum Gasteiger partial charge on any atom is -0.394 e. The van der Waals surface area contributed by atoms with Crippen LogP contribution in [0, 0.1) is 0 Å². The average molecular weight is 722 g/mol. The van der Waals surface area contributed by atoms with Gasteiger partial charge in [-0.1, -0.05) is 0 Å². The van der Waals surface area contributed by atoms with Gasteiger partial charge in [-0.15, -0.1) is 0 Å². The summed E-state index contributed by atoms with van der Waals surface area (Å²) in [5, 5.41) is 126. The molecule has 4 aliphatic rings. The van der Waals surface area contributed by atoms with Crippen molar-refractivity contribution in [3.8, 4) is 0 Å². The molecule has 49 heavy (non-hydrogen) atoms. The first kappa shape index (κ1) is 40.4. The molecule has 0 saturated carbocycles. The molecule has 4 aliphatic heterocycles. The molecule has 22 heteroatoms. The summed E-state index contributed by atoms with van der Waals surface area (Å²) >= 11 is 0. The Bertz CT molecular complexity index is 1040. The van der Waals surface area contributed by atoms with Gasteiger partial charge in [-0.3, -0.25) is 4.79 Å². The van der Waals surface area contributed by atoms with E-state index in [9.17, 15) is 66.1 Å². The molecule has 4 heterocycles. The summed E-state index contributed by atoms with van der Waals surface area (Å²) in [6.07, 6.45) is -31.8. The summed E-state index contributed by atoms with van der Waals surface area (Å²) < 4.78 is 44.7. The van der Waals surface area contributed by atoms with E-state index < -0.39 is 155 Å². The van der Waals surface area contributed by atoms with Crippen LogP contribution in [0.15, 0.2) is 0 Å². The minimum absolute atomic E-state index is 0.575. The topological polar surface area (TPSA) is 346 Å². The van der Waals surface area contributed by atoms with E-state index in [0.717, 1.165) is 14.0 Å². The van der Waals surface area contributed by atoms with Gasteiger partial charge in [-0.25, -0.2) is 0 Å². The summed E-state index contributed by atoms with van der Waals surface area (Å²) in [5.74, 6) is -0.691. The van der Waals surface area contributed by atoms with Crippen molar-refractivity contribution in [2.75, 3.05) is 33.5 Å². The number of nitrogens with one attached hydrogen (secondary N) is 1. The molecule has 4 fully saturated rings. The van der Waals surface area contributed by atoms with Crippen molar-refractivity contribution in [1.82, 2.24) is 5.32 Å². The van der Waals surface area contributed by atoms with Crippen molar-refractivity contribution >= 4 is 5.91 Å². The van der Waals surface area contributed by atoms with Crippen LogP contribution >= 0.6 is 0 Å². The SMILES string of the molecule is CO[C@H]1[C@H](O[C@H]2O[C@H](CO)[C@@H](O)[C@H](O)[C@@H]2O[C@@H]2O[C@H](CO)[C@@H](O)[C@H](O)[C@H]2NC(C)=O)[C@H](O)C(O)O[C@@H]1CO[C@H]1O[C@H](CO)[C@@H](O)[C@H](O)[C@@H]1O. The Morgan fingerprint density at radius 1 is 0.571 bits per heavy atom. The number of ether oxygens (including phenoxy) is 8. The first-order valence-electron chi connectivity index (χ1n) is 15.5. The van der Waals surface area contributed by atoms with E-state index in [1.54, 1.807) is 0 Å². The second-order valence-corrected chi connectivity index (χ2v) is 12.1. The van der Waals surface area contributed by atoms with Gasteiger partial charge in [0.05, 0.1) is 26.4 Å². The predicted octanol–water partition coefficient (Wildman–Crippen LogP) is -8.95. The predicted molar refractivity (Wildman–Crippen MR) is 150 cm³/mol. The van der Waals surface area contributed by atoms with Gasteiger partial charge in [0.1, 0.15) is 97.6 Å². The van der Waals surface area contributed by atoms with E-state index >= 15 is 0 Å². The quantitative estimate of drug-likeness (QED) is 0.0889. The summed E-state index contributed by atoms with van der Waals surface area (Å²) in [4.78, 5) is 11.9. The van der Waals surface area contributed by atoms with E-state index in [1.807, 2.05) is 0 Å². The molecule has 1 amide bonds. The number of carbonyl (C=O) groups is 1. The highest BCUT2D eigenvalue weighted by Gasteiger charge is 2.55. The second kappa shape index (κ2) is 17.5. The van der Waals surface area contributed by atoms with Crippen molar-refractivity contribution in [3.05, 3.63) is 0 Å². The molecule has 0 bridgehead atoms. The molecule has 0 aromatic rings. The van der Waals surface area contributed by atoms with Crippen LogP contribution in [-0.4, -0.2) is 223 Å². The molecule has 0 aliphatic carbocycles. The van der Waals surface area contributed by atoms with E-state index in [2.05, 4.69) is 5.32 Å². The number of aliphatic hydroxyl groups excluding tert-OH is 12. The first-order chi connectivity index (χ1) is 23.2. The molecule has 4 saturated heterocycles. The molecular formula is C27H47NO21. The van der Waals surface area contributed by atoms with Crippen LogP contribution in [0.3, 0.4) is 0 Å². The lowest BCUT2D eigenvalue weighted by Gasteiger charge is -2.49. The summed E-state index contributed by atoms with van der Waals surface area (Å²) in [7, 11) is 1.16. The molecule has 286 valence electrons. The van der Waals surface area contributed by atoms with Gasteiger partial charge in [0.15, 0.2) is 25.2 Å². The molecule has 4 rings (SSSR count). The fourth-order valence-corrected chi connectivity index (χ4v) is 6.08. The Labute approximate surface area is 278 Å². The normalized spacial score (nSPS) is 49.4. The molecule has 0 radical (unpaired) electrons. The zero-order valence-corrected chi connectivity index (χ0v) is 26.4. The highest BCUT2D eigenvalue weighted by molar-refractivity contribution is 5.73. The largest absolute Gasteiger partial charge is 0.394 e. The van der Waals surface area contributed by atoms with E-state index in [1.165, 1.54) is 0 Å². The Morgan fingerprint density at radius 3 is 1.63 bits per heavy atom. The third kappa shape index (κ3) is 8.66. The maximum Gasteiger partial charge on any atom is 0.217 e. The maximum atomic E-state index is 11.9. The molecule has 13 N–H and O–H groups in total. The van der Waals surface area contributed by atoms with Crippen molar-refractivity contribution < 1.29 is 104 Å². The summed E-state index contributed by atoms with van der Waals surface area (Å²) in [5.41, 5.74) is 0. The summed E-state index contributed by atoms with van der Waals surface area (Å²) in [6, 6.07) is -1.50. The van der Waals surface area contributed by atoms with Gasteiger partial charge in [0.2, 0.25) is 5.91 Å². The number of methoxy groups -OCH3 is 1. The van der Waals surface area contributed by atoms with Crippen LogP contribution in [0.2, 0.25) is 0 Å². The Kier molecular flexibility index (Phi) is 14.4. The smallest absolute Gasteiger partial charge is 0.217 e. The third-order valence-electron chi connectivity index (χ3n) is 8.84. The van der Waals surface area contributed by atoms with E-state index in [-0.39, 0.29) is 0 Å². The minimum atomic E-state index is -1.99. The lowest BCUT2D eigenvalue weighted by molar-refractivity contribution is -0.384. The number of carbonyl (C=O) groups excluding carboxylic acids is 1. The lowest BCUT2D eigenvalue weighted by Crippen LogP contribution is -2.68. The fraction of sp³-hybridized carbons (Fsp3) is 0.963. The van der Waals surface area contributed by atoms with Crippen molar-refractivity contribution in [1.29, 1.82) is 0 Å². The lowest BCUT2D eigenvalue weighted by atomic mass is 9.95. The van der Waals surface area contributed by atoms with Crippen molar-refractivity contribution in [3.63, 3.8) is 0 Å². The van der Waals surface area contributed by atoms with Gasteiger partial charge >= 0.3 is 0 Å². The van der Waals surface area contributed by atoms with Crippen LogP contribution in [0.1, 0.15) is 6.92 Å².